The second-order valence-corrected chi connectivity index (χ2v) is 5.42. The van der Waals surface area contributed by atoms with E-state index in [0.717, 1.165) is 12.8 Å². The molecule has 8 nitrogen and oxygen atoms in total. The number of carbonyl (C=O) groups excluding carboxylic acids is 4. The molecular formula is C16H23NO7. The Hall–Kier alpha value is -2.38. The molecule has 0 spiro atoms. The predicted octanol–water partition coefficient (Wildman–Crippen LogP) is 0.591. The first-order valence-corrected chi connectivity index (χ1v) is 7.74. The number of rotatable bonds is 7. The number of ether oxygens (including phenoxy) is 3. The van der Waals surface area contributed by atoms with E-state index in [-0.39, 0.29) is 12.5 Å². The van der Waals surface area contributed by atoms with Crippen LogP contribution >= 0.6 is 0 Å². The molecule has 1 rings (SSSR count). The van der Waals surface area contributed by atoms with Crippen LogP contribution in [0.1, 0.15) is 33.6 Å². The van der Waals surface area contributed by atoms with E-state index in [0.29, 0.717) is 13.1 Å². The van der Waals surface area contributed by atoms with Gasteiger partial charge in [-0.25, -0.2) is 0 Å². The van der Waals surface area contributed by atoms with E-state index < -0.39 is 30.1 Å². The van der Waals surface area contributed by atoms with Crippen LogP contribution in [0.4, 0.5) is 0 Å². The molecule has 1 aliphatic heterocycles. The predicted molar refractivity (Wildman–Crippen MR) is 82.7 cm³/mol. The molecule has 0 radical (unpaired) electrons. The van der Waals surface area contributed by atoms with Crippen molar-refractivity contribution < 1.29 is 33.4 Å². The number of hydrogen-bond donors (Lipinski definition) is 0. The molecule has 0 unspecified atom stereocenters. The molecule has 134 valence electrons. The van der Waals surface area contributed by atoms with Crippen LogP contribution < -0.4 is 0 Å². The highest BCUT2D eigenvalue weighted by Crippen LogP contribution is 2.11. The smallest absolute Gasteiger partial charge is 0.303 e. The van der Waals surface area contributed by atoms with E-state index >= 15 is 0 Å². The summed E-state index contributed by atoms with van der Waals surface area (Å²) in [7, 11) is 0. The van der Waals surface area contributed by atoms with Crippen LogP contribution in [0.15, 0.2) is 12.2 Å². The molecule has 8 heteroatoms. The Morgan fingerprint density at radius 3 is 2.04 bits per heavy atom. The Morgan fingerprint density at radius 1 is 0.958 bits per heavy atom. The van der Waals surface area contributed by atoms with Gasteiger partial charge >= 0.3 is 17.9 Å². The Balaban J connectivity index is 2.83. The zero-order chi connectivity index (χ0) is 18.1. The highest BCUT2D eigenvalue weighted by atomic mass is 16.6. The van der Waals surface area contributed by atoms with Gasteiger partial charge in [-0.05, 0) is 18.9 Å². The van der Waals surface area contributed by atoms with Gasteiger partial charge in [0.2, 0.25) is 5.91 Å². The summed E-state index contributed by atoms with van der Waals surface area (Å²) in [4.78, 5) is 47.2. The van der Waals surface area contributed by atoms with E-state index in [1.165, 1.54) is 32.9 Å². The Bertz CT molecular complexity index is 509. The maximum absolute atomic E-state index is 12.1. The number of hydrogen-bond acceptors (Lipinski definition) is 7. The molecule has 1 fully saturated rings. The van der Waals surface area contributed by atoms with Crippen LogP contribution in [0.25, 0.3) is 0 Å². The molecule has 1 amide bonds. The largest absolute Gasteiger partial charge is 0.462 e. The third-order valence-corrected chi connectivity index (χ3v) is 3.28. The van der Waals surface area contributed by atoms with E-state index in [9.17, 15) is 19.2 Å². The fourth-order valence-corrected chi connectivity index (χ4v) is 2.26. The number of likely N-dealkylation sites (tertiary alicyclic amines) is 1. The van der Waals surface area contributed by atoms with E-state index in [4.69, 9.17) is 14.2 Å². The average Bonchev–Trinajstić information content (AvgIpc) is 3.01. The van der Waals surface area contributed by atoms with Gasteiger partial charge in [-0.15, -0.1) is 0 Å². The minimum absolute atomic E-state index is 0.210. The lowest BCUT2D eigenvalue weighted by atomic mass is 10.2. The maximum Gasteiger partial charge on any atom is 0.303 e. The van der Waals surface area contributed by atoms with Gasteiger partial charge in [0.1, 0.15) is 6.61 Å². The van der Waals surface area contributed by atoms with Crippen molar-refractivity contribution in [2.24, 2.45) is 0 Å². The Kier molecular flexibility index (Phi) is 7.94. The van der Waals surface area contributed by atoms with Crippen LogP contribution in [-0.2, 0) is 33.4 Å². The van der Waals surface area contributed by atoms with Crippen LogP contribution in [0.5, 0.6) is 0 Å². The van der Waals surface area contributed by atoms with E-state index in [1.54, 1.807) is 4.90 Å². The standard InChI is InChI=1S/C16H23NO7/c1-11(18)22-10-15(24-13(3)20)14(23-12(2)19)6-7-16(21)17-8-4-5-9-17/h6-7,14-15H,4-5,8-10H2,1-3H3/b7-6+/t14-,15+/m1/s1. The lowest BCUT2D eigenvalue weighted by Gasteiger charge is -2.23. The van der Waals surface area contributed by atoms with Crippen molar-refractivity contribution in [1.29, 1.82) is 0 Å². The first kappa shape index (κ1) is 19.7. The zero-order valence-electron chi connectivity index (χ0n) is 14.1. The summed E-state index contributed by atoms with van der Waals surface area (Å²) in [6.07, 6.45) is 2.48. The normalized spacial score (nSPS) is 16.5. The van der Waals surface area contributed by atoms with Gasteiger partial charge in [0.25, 0.3) is 0 Å². The fraction of sp³-hybridized carbons (Fsp3) is 0.625. The number of esters is 3. The minimum Gasteiger partial charge on any atom is -0.462 e. The van der Waals surface area contributed by atoms with Crippen LogP contribution in [-0.4, -0.2) is 60.6 Å². The van der Waals surface area contributed by atoms with Crippen molar-refractivity contribution in [2.45, 2.75) is 45.8 Å². The van der Waals surface area contributed by atoms with Gasteiger partial charge in [-0.2, -0.15) is 0 Å². The first-order chi connectivity index (χ1) is 11.3. The maximum atomic E-state index is 12.1. The van der Waals surface area contributed by atoms with Crippen LogP contribution in [0.2, 0.25) is 0 Å². The van der Waals surface area contributed by atoms with Crippen molar-refractivity contribution in [2.75, 3.05) is 19.7 Å². The SMILES string of the molecule is CC(=O)OC[C@H](OC(C)=O)[C@@H](/C=C/C(=O)N1CCCC1)OC(C)=O. The van der Waals surface area contributed by atoms with Crippen LogP contribution in [0, 0.1) is 0 Å². The number of amides is 1. The summed E-state index contributed by atoms with van der Waals surface area (Å²) in [5.74, 6) is -2.01. The Labute approximate surface area is 140 Å². The lowest BCUT2D eigenvalue weighted by molar-refractivity contribution is -0.169. The molecule has 0 saturated carbocycles. The molecule has 2 atom stereocenters. The van der Waals surface area contributed by atoms with Crippen molar-refractivity contribution in [1.82, 2.24) is 4.90 Å². The summed E-state index contributed by atoms with van der Waals surface area (Å²) >= 11 is 0. The summed E-state index contributed by atoms with van der Waals surface area (Å²) in [6.45, 7) is 4.67. The molecule has 0 aliphatic carbocycles. The number of carbonyl (C=O) groups is 4. The molecule has 0 aromatic rings. The van der Waals surface area contributed by atoms with Crippen molar-refractivity contribution in [3.8, 4) is 0 Å². The van der Waals surface area contributed by atoms with Crippen LogP contribution in [0.3, 0.4) is 0 Å². The Morgan fingerprint density at radius 2 is 1.54 bits per heavy atom. The van der Waals surface area contributed by atoms with Gasteiger partial charge < -0.3 is 19.1 Å². The monoisotopic (exact) mass is 341 g/mol. The quantitative estimate of drug-likeness (QED) is 0.380. The molecule has 1 heterocycles. The van der Waals surface area contributed by atoms with Crippen molar-refractivity contribution in [3.63, 3.8) is 0 Å². The number of nitrogens with zero attached hydrogens (tertiary/aromatic N) is 1. The highest BCUT2D eigenvalue weighted by molar-refractivity contribution is 5.87. The molecular weight excluding hydrogens is 318 g/mol. The third-order valence-electron chi connectivity index (χ3n) is 3.28. The van der Waals surface area contributed by atoms with Gasteiger partial charge in [-0.1, -0.05) is 0 Å². The summed E-state index contributed by atoms with van der Waals surface area (Å²) in [5, 5.41) is 0. The molecule has 24 heavy (non-hydrogen) atoms. The van der Waals surface area contributed by atoms with E-state index in [1.807, 2.05) is 0 Å². The van der Waals surface area contributed by atoms with Gasteiger partial charge in [0.05, 0.1) is 0 Å². The summed E-state index contributed by atoms with van der Waals surface area (Å²) in [5.41, 5.74) is 0. The molecule has 1 saturated heterocycles. The average molecular weight is 341 g/mol. The molecule has 0 aromatic carbocycles. The molecule has 0 bridgehead atoms. The highest BCUT2D eigenvalue weighted by Gasteiger charge is 2.27. The fourth-order valence-electron chi connectivity index (χ4n) is 2.26. The second-order valence-electron chi connectivity index (χ2n) is 5.42. The molecule has 0 aromatic heterocycles. The lowest BCUT2D eigenvalue weighted by Crippen LogP contribution is -2.37. The topological polar surface area (TPSA) is 99.2 Å². The minimum atomic E-state index is -1.03. The van der Waals surface area contributed by atoms with E-state index in [2.05, 4.69) is 0 Å². The third kappa shape index (κ3) is 7.26. The van der Waals surface area contributed by atoms with Crippen molar-refractivity contribution in [3.05, 3.63) is 12.2 Å². The summed E-state index contributed by atoms with van der Waals surface area (Å²) in [6, 6.07) is 0. The zero-order valence-corrected chi connectivity index (χ0v) is 14.1. The molecule has 0 N–H and O–H groups in total. The second kappa shape index (κ2) is 9.69. The van der Waals surface area contributed by atoms with Gasteiger partial charge in [0, 0.05) is 39.9 Å². The first-order valence-electron chi connectivity index (χ1n) is 7.74. The van der Waals surface area contributed by atoms with Gasteiger partial charge in [0.15, 0.2) is 12.2 Å². The molecule has 1 aliphatic rings. The van der Waals surface area contributed by atoms with Gasteiger partial charge in [-0.3, -0.25) is 19.2 Å². The van der Waals surface area contributed by atoms with Crippen molar-refractivity contribution >= 4 is 23.8 Å². The summed E-state index contributed by atoms with van der Waals surface area (Å²) < 4.78 is 15.0.